The normalized spacial score (nSPS) is 14.3. The van der Waals surface area contributed by atoms with Gasteiger partial charge in [-0.25, -0.2) is 0 Å². The van der Waals surface area contributed by atoms with E-state index in [1.807, 2.05) is 29.9 Å². The summed E-state index contributed by atoms with van der Waals surface area (Å²) in [5, 5.41) is 8.90. The van der Waals surface area contributed by atoms with E-state index in [-0.39, 0.29) is 12.1 Å². The minimum atomic E-state index is 0.192. The van der Waals surface area contributed by atoms with Crippen molar-refractivity contribution in [1.82, 2.24) is 15.1 Å². The Morgan fingerprint density at radius 1 is 1.15 bits per heavy atom. The summed E-state index contributed by atoms with van der Waals surface area (Å²) in [7, 11) is 1.98. The largest absolute Gasteiger partial charge is 0.303 e. The first-order valence-corrected chi connectivity index (χ1v) is 7.30. The van der Waals surface area contributed by atoms with E-state index < -0.39 is 0 Å². The van der Waals surface area contributed by atoms with Gasteiger partial charge in [0.25, 0.3) is 0 Å². The van der Waals surface area contributed by atoms with E-state index in [0.717, 1.165) is 16.3 Å². The lowest BCUT2D eigenvalue weighted by molar-refractivity contribution is 0.491. The van der Waals surface area contributed by atoms with Gasteiger partial charge in [0.15, 0.2) is 0 Å². The first-order chi connectivity index (χ1) is 9.41. The van der Waals surface area contributed by atoms with Crippen LogP contribution in [0.1, 0.15) is 48.4 Å². The Morgan fingerprint density at radius 3 is 2.35 bits per heavy atom. The van der Waals surface area contributed by atoms with Gasteiger partial charge in [0, 0.05) is 35.4 Å². The molecule has 0 aliphatic carbocycles. The van der Waals surface area contributed by atoms with Gasteiger partial charge in [-0.05, 0) is 39.3 Å². The predicted octanol–water partition coefficient (Wildman–Crippen LogP) is 4.10. The van der Waals surface area contributed by atoms with Crippen molar-refractivity contribution in [2.75, 3.05) is 0 Å². The molecule has 0 saturated heterocycles. The molecule has 2 atom stereocenters. The van der Waals surface area contributed by atoms with Crippen molar-refractivity contribution in [1.29, 1.82) is 0 Å². The predicted molar refractivity (Wildman–Crippen MR) is 84.1 cm³/mol. The third-order valence-corrected chi connectivity index (χ3v) is 4.21. The highest BCUT2D eigenvalue weighted by Gasteiger charge is 2.19. The van der Waals surface area contributed by atoms with Crippen molar-refractivity contribution in [2.45, 2.75) is 39.8 Å². The Bertz CT molecular complexity index is 604. The molecule has 20 heavy (non-hydrogen) atoms. The first kappa shape index (κ1) is 15.1. The quantitative estimate of drug-likeness (QED) is 0.919. The molecule has 0 spiro atoms. The standard InChI is InChI=1S/C16H22ClN3/c1-10(14-8-6-7-9-15(14)17)18-11(2)16-12(3)19-20(5)13(16)4/h6-11,18H,1-5H3/t10-,11?/m0/s1. The van der Waals surface area contributed by atoms with E-state index in [2.05, 4.69) is 44.2 Å². The maximum Gasteiger partial charge on any atom is 0.0644 e. The Hall–Kier alpha value is -1.32. The fourth-order valence-corrected chi connectivity index (χ4v) is 3.09. The highest BCUT2D eigenvalue weighted by molar-refractivity contribution is 6.31. The summed E-state index contributed by atoms with van der Waals surface area (Å²) in [5.41, 5.74) is 4.68. The van der Waals surface area contributed by atoms with Crippen LogP contribution < -0.4 is 5.32 Å². The third-order valence-electron chi connectivity index (χ3n) is 3.87. The monoisotopic (exact) mass is 291 g/mol. The zero-order valence-electron chi connectivity index (χ0n) is 12.7. The summed E-state index contributed by atoms with van der Waals surface area (Å²) in [5.74, 6) is 0. The van der Waals surface area contributed by atoms with Crippen LogP contribution in [0.3, 0.4) is 0 Å². The summed E-state index contributed by atoms with van der Waals surface area (Å²) in [6, 6.07) is 8.39. The topological polar surface area (TPSA) is 29.9 Å². The molecule has 0 fully saturated rings. The number of hydrogen-bond donors (Lipinski definition) is 1. The van der Waals surface area contributed by atoms with Crippen LogP contribution in [-0.2, 0) is 7.05 Å². The molecule has 2 aromatic rings. The second-order valence-electron chi connectivity index (χ2n) is 5.34. The van der Waals surface area contributed by atoms with Gasteiger partial charge in [-0.3, -0.25) is 4.68 Å². The number of nitrogens with one attached hydrogen (secondary N) is 1. The zero-order valence-corrected chi connectivity index (χ0v) is 13.5. The number of rotatable bonds is 4. The zero-order chi connectivity index (χ0) is 14.9. The van der Waals surface area contributed by atoms with Crippen LogP contribution in [0.2, 0.25) is 5.02 Å². The number of benzene rings is 1. The van der Waals surface area contributed by atoms with Crippen LogP contribution in [0.25, 0.3) is 0 Å². The summed E-state index contributed by atoms with van der Waals surface area (Å²) in [6.45, 7) is 8.47. The molecule has 1 aromatic heterocycles. The third kappa shape index (κ3) is 2.89. The molecule has 1 heterocycles. The van der Waals surface area contributed by atoms with Gasteiger partial charge < -0.3 is 5.32 Å². The lowest BCUT2D eigenvalue weighted by Gasteiger charge is -2.22. The smallest absolute Gasteiger partial charge is 0.0644 e. The fraction of sp³-hybridized carbons (Fsp3) is 0.438. The Labute approximate surface area is 126 Å². The molecule has 1 N–H and O–H groups in total. The maximum absolute atomic E-state index is 6.26. The number of aryl methyl sites for hydroxylation is 2. The molecule has 108 valence electrons. The van der Waals surface area contributed by atoms with Crippen LogP contribution in [0.15, 0.2) is 24.3 Å². The van der Waals surface area contributed by atoms with Crippen molar-refractivity contribution in [3.05, 3.63) is 51.8 Å². The second-order valence-corrected chi connectivity index (χ2v) is 5.75. The minimum absolute atomic E-state index is 0.192. The van der Waals surface area contributed by atoms with E-state index in [4.69, 9.17) is 11.6 Å². The SMILES string of the molecule is Cc1nn(C)c(C)c1C(C)N[C@@H](C)c1ccccc1Cl. The van der Waals surface area contributed by atoms with Crippen molar-refractivity contribution >= 4 is 11.6 Å². The summed E-state index contributed by atoms with van der Waals surface area (Å²) in [4.78, 5) is 0. The average Bonchev–Trinajstić information content (AvgIpc) is 2.63. The van der Waals surface area contributed by atoms with E-state index >= 15 is 0 Å². The molecular weight excluding hydrogens is 270 g/mol. The van der Waals surface area contributed by atoms with Gasteiger partial charge in [-0.15, -0.1) is 0 Å². The van der Waals surface area contributed by atoms with Gasteiger partial charge in [0.2, 0.25) is 0 Å². The van der Waals surface area contributed by atoms with Gasteiger partial charge in [0.05, 0.1) is 5.69 Å². The number of nitrogens with zero attached hydrogens (tertiary/aromatic N) is 2. The van der Waals surface area contributed by atoms with Gasteiger partial charge in [0.1, 0.15) is 0 Å². The molecule has 1 aromatic carbocycles. The van der Waals surface area contributed by atoms with Crippen molar-refractivity contribution in [2.24, 2.45) is 7.05 Å². The Balaban J connectivity index is 2.19. The number of halogens is 1. The molecule has 0 aliphatic heterocycles. The van der Waals surface area contributed by atoms with Gasteiger partial charge in [-0.2, -0.15) is 5.10 Å². The summed E-state index contributed by atoms with van der Waals surface area (Å²) in [6.07, 6.45) is 0. The molecule has 0 radical (unpaired) electrons. The first-order valence-electron chi connectivity index (χ1n) is 6.92. The number of aromatic nitrogens is 2. The molecule has 1 unspecified atom stereocenters. The highest BCUT2D eigenvalue weighted by Crippen LogP contribution is 2.27. The molecule has 2 rings (SSSR count). The molecule has 0 bridgehead atoms. The Kier molecular flexibility index (Phi) is 4.51. The molecule has 4 heteroatoms. The van der Waals surface area contributed by atoms with E-state index in [1.165, 1.54) is 11.3 Å². The van der Waals surface area contributed by atoms with Crippen LogP contribution in [0, 0.1) is 13.8 Å². The molecule has 0 saturated carbocycles. The second kappa shape index (κ2) is 5.98. The minimum Gasteiger partial charge on any atom is -0.303 e. The molecule has 0 amide bonds. The lowest BCUT2D eigenvalue weighted by Crippen LogP contribution is -2.23. The van der Waals surface area contributed by atoms with E-state index in [9.17, 15) is 0 Å². The molecule has 0 aliphatic rings. The van der Waals surface area contributed by atoms with Crippen LogP contribution >= 0.6 is 11.6 Å². The summed E-state index contributed by atoms with van der Waals surface area (Å²) >= 11 is 6.26. The number of hydrogen-bond acceptors (Lipinski definition) is 2. The Morgan fingerprint density at radius 2 is 1.80 bits per heavy atom. The van der Waals surface area contributed by atoms with E-state index in [0.29, 0.717) is 0 Å². The lowest BCUT2D eigenvalue weighted by atomic mass is 10.0. The average molecular weight is 292 g/mol. The van der Waals surface area contributed by atoms with Crippen molar-refractivity contribution in [3.63, 3.8) is 0 Å². The van der Waals surface area contributed by atoms with Crippen LogP contribution in [0.4, 0.5) is 0 Å². The molecule has 3 nitrogen and oxygen atoms in total. The van der Waals surface area contributed by atoms with Crippen molar-refractivity contribution < 1.29 is 0 Å². The van der Waals surface area contributed by atoms with Crippen LogP contribution in [0.5, 0.6) is 0 Å². The van der Waals surface area contributed by atoms with Crippen molar-refractivity contribution in [3.8, 4) is 0 Å². The maximum atomic E-state index is 6.26. The highest BCUT2D eigenvalue weighted by atomic mass is 35.5. The van der Waals surface area contributed by atoms with Crippen LogP contribution in [-0.4, -0.2) is 9.78 Å². The van der Waals surface area contributed by atoms with Gasteiger partial charge >= 0.3 is 0 Å². The van der Waals surface area contributed by atoms with E-state index in [1.54, 1.807) is 0 Å². The van der Waals surface area contributed by atoms with Gasteiger partial charge in [-0.1, -0.05) is 29.8 Å². The summed E-state index contributed by atoms with van der Waals surface area (Å²) < 4.78 is 1.93. The molecular formula is C16H22ClN3. The fourth-order valence-electron chi connectivity index (χ4n) is 2.79.